The Labute approximate surface area is 119 Å². The average Bonchev–Trinajstić information content (AvgIpc) is 2.39. The van der Waals surface area contributed by atoms with Crippen molar-refractivity contribution in [2.24, 2.45) is 0 Å². The maximum absolute atomic E-state index is 12.0. The number of nitrogens with one attached hydrogen (secondary N) is 1. The Balaban J connectivity index is 2.73. The molecular formula is C15H22N2O3. The van der Waals surface area contributed by atoms with Gasteiger partial charge < -0.3 is 10.4 Å². The van der Waals surface area contributed by atoms with E-state index in [1.165, 1.54) is 0 Å². The van der Waals surface area contributed by atoms with Crippen LogP contribution in [0.3, 0.4) is 0 Å². The normalized spacial score (nSPS) is 10.6. The van der Waals surface area contributed by atoms with Crippen molar-refractivity contribution in [3.63, 3.8) is 0 Å². The van der Waals surface area contributed by atoms with E-state index in [9.17, 15) is 9.59 Å². The Morgan fingerprint density at radius 3 is 2.50 bits per heavy atom. The second-order valence-electron chi connectivity index (χ2n) is 4.71. The van der Waals surface area contributed by atoms with E-state index >= 15 is 0 Å². The van der Waals surface area contributed by atoms with Gasteiger partial charge in [-0.1, -0.05) is 32.0 Å². The standard InChI is InChI=1S/C15H22N2O3/c1-4-12-8-6-7-11(3)15(12)16-13(18)9-17(5-2)10-14(19)20/h6-8H,4-5,9-10H2,1-3H3,(H,16,18)(H,19,20). The molecule has 1 aromatic carbocycles. The van der Waals surface area contributed by atoms with E-state index in [0.717, 1.165) is 23.2 Å². The van der Waals surface area contributed by atoms with E-state index in [-0.39, 0.29) is 19.0 Å². The fourth-order valence-corrected chi connectivity index (χ4v) is 2.05. The first kappa shape index (κ1) is 16.2. The van der Waals surface area contributed by atoms with E-state index in [4.69, 9.17) is 5.11 Å². The molecule has 1 aromatic rings. The van der Waals surface area contributed by atoms with Crippen molar-refractivity contribution in [2.75, 3.05) is 25.0 Å². The van der Waals surface area contributed by atoms with E-state index in [1.54, 1.807) is 4.90 Å². The Kier molecular flexibility index (Phi) is 6.18. The molecule has 5 heteroatoms. The quantitative estimate of drug-likeness (QED) is 0.799. The van der Waals surface area contributed by atoms with Crippen molar-refractivity contribution in [1.82, 2.24) is 4.90 Å². The number of likely N-dealkylation sites (N-methyl/N-ethyl adjacent to an activating group) is 1. The molecule has 0 atom stereocenters. The zero-order valence-corrected chi connectivity index (χ0v) is 12.3. The zero-order valence-electron chi connectivity index (χ0n) is 12.3. The number of hydrogen-bond acceptors (Lipinski definition) is 3. The van der Waals surface area contributed by atoms with Crippen LogP contribution in [0.4, 0.5) is 5.69 Å². The molecule has 0 bridgehead atoms. The summed E-state index contributed by atoms with van der Waals surface area (Å²) in [6.07, 6.45) is 0.837. The number of aliphatic carboxylic acids is 1. The van der Waals surface area contributed by atoms with Gasteiger partial charge in [-0.3, -0.25) is 14.5 Å². The lowest BCUT2D eigenvalue weighted by atomic mass is 10.1. The number of para-hydroxylation sites is 1. The predicted octanol–water partition coefficient (Wildman–Crippen LogP) is 1.90. The van der Waals surface area contributed by atoms with Gasteiger partial charge in [0.05, 0.1) is 13.1 Å². The first-order chi connectivity index (χ1) is 9.47. The van der Waals surface area contributed by atoms with Gasteiger partial charge in [-0.15, -0.1) is 0 Å². The molecule has 0 aliphatic rings. The molecule has 1 amide bonds. The Bertz CT molecular complexity index is 486. The van der Waals surface area contributed by atoms with Gasteiger partial charge in [0.1, 0.15) is 0 Å². The van der Waals surface area contributed by atoms with Gasteiger partial charge in [0.25, 0.3) is 0 Å². The van der Waals surface area contributed by atoms with Crippen LogP contribution in [0.1, 0.15) is 25.0 Å². The van der Waals surface area contributed by atoms with Crippen LogP contribution in [-0.2, 0) is 16.0 Å². The fourth-order valence-electron chi connectivity index (χ4n) is 2.05. The maximum atomic E-state index is 12.0. The van der Waals surface area contributed by atoms with E-state index in [2.05, 4.69) is 5.32 Å². The van der Waals surface area contributed by atoms with Crippen molar-refractivity contribution in [1.29, 1.82) is 0 Å². The summed E-state index contributed by atoms with van der Waals surface area (Å²) in [5.41, 5.74) is 2.94. The molecule has 0 radical (unpaired) electrons. The minimum Gasteiger partial charge on any atom is -0.480 e. The SMILES string of the molecule is CCc1cccc(C)c1NC(=O)CN(CC)CC(=O)O. The lowest BCUT2D eigenvalue weighted by Gasteiger charge is -2.19. The highest BCUT2D eigenvalue weighted by atomic mass is 16.4. The topological polar surface area (TPSA) is 69.6 Å². The molecule has 0 aliphatic heterocycles. The van der Waals surface area contributed by atoms with E-state index < -0.39 is 5.97 Å². The van der Waals surface area contributed by atoms with Crippen LogP contribution in [0.2, 0.25) is 0 Å². The summed E-state index contributed by atoms with van der Waals surface area (Å²) in [4.78, 5) is 24.3. The summed E-state index contributed by atoms with van der Waals surface area (Å²) < 4.78 is 0. The summed E-state index contributed by atoms with van der Waals surface area (Å²) in [6, 6.07) is 5.90. The van der Waals surface area contributed by atoms with Gasteiger partial charge in [0, 0.05) is 5.69 Å². The van der Waals surface area contributed by atoms with Crippen LogP contribution in [0.15, 0.2) is 18.2 Å². The molecule has 1 rings (SSSR count). The van der Waals surface area contributed by atoms with Crippen molar-refractivity contribution >= 4 is 17.6 Å². The smallest absolute Gasteiger partial charge is 0.317 e. The molecule has 0 saturated carbocycles. The molecule has 2 N–H and O–H groups in total. The van der Waals surface area contributed by atoms with Crippen molar-refractivity contribution < 1.29 is 14.7 Å². The van der Waals surface area contributed by atoms with Crippen molar-refractivity contribution in [3.05, 3.63) is 29.3 Å². The number of carbonyl (C=O) groups is 2. The van der Waals surface area contributed by atoms with Gasteiger partial charge in [-0.2, -0.15) is 0 Å². The number of aryl methyl sites for hydroxylation is 2. The third-order valence-electron chi connectivity index (χ3n) is 3.18. The monoisotopic (exact) mass is 278 g/mol. The minimum absolute atomic E-state index is 0.0836. The molecule has 110 valence electrons. The van der Waals surface area contributed by atoms with Crippen LogP contribution in [0.25, 0.3) is 0 Å². The van der Waals surface area contributed by atoms with Gasteiger partial charge in [-0.05, 0) is 31.0 Å². The number of rotatable bonds is 7. The van der Waals surface area contributed by atoms with Crippen LogP contribution in [-0.4, -0.2) is 41.5 Å². The highest BCUT2D eigenvalue weighted by Crippen LogP contribution is 2.20. The fraction of sp³-hybridized carbons (Fsp3) is 0.467. The minimum atomic E-state index is -0.926. The summed E-state index contributed by atoms with van der Waals surface area (Å²) in [7, 11) is 0. The van der Waals surface area contributed by atoms with Crippen molar-refractivity contribution in [2.45, 2.75) is 27.2 Å². The number of carboxylic acids is 1. The number of nitrogens with zero attached hydrogens (tertiary/aromatic N) is 1. The average molecular weight is 278 g/mol. The summed E-state index contributed by atoms with van der Waals surface area (Å²) in [6.45, 7) is 6.30. The summed E-state index contributed by atoms with van der Waals surface area (Å²) in [5, 5.41) is 11.7. The molecule has 5 nitrogen and oxygen atoms in total. The number of carboxylic acid groups (broad SMARTS) is 1. The predicted molar refractivity (Wildman–Crippen MR) is 78.9 cm³/mol. The summed E-state index contributed by atoms with van der Waals surface area (Å²) >= 11 is 0. The second kappa shape index (κ2) is 7.65. The lowest BCUT2D eigenvalue weighted by molar-refractivity contribution is -0.138. The van der Waals surface area contributed by atoms with Gasteiger partial charge in [0.15, 0.2) is 0 Å². The number of anilines is 1. The molecule has 0 aromatic heterocycles. The third-order valence-corrected chi connectivity index (χ3v) is 3.18. The molecule has 0 saturated heterocycles. The number of benzene rings is 1. The van der Waals surface area contributed by atoms with Crippen LogP contribution >= 0.6 is 0 Å². The van der Waals surface area contributed by atoms with Crippen LogP contribution < -0.4 is 5.32 Å². The van der Waals surface area contributed by atoms with Crippen LogP contribution in [0.5, 0.6) is 0 Å². The number of hydrogen-bond donors (Lipinski definition) is 2. The Morgan fingerprint density at radius 2 is 1.95 bits per heavy atom. The van der Waals surface area contributed by atoms with Crippen LogP contribution in [0, 0.1) is 6.92 Å². The number of amides is 1. The largest absolute Gasteiger partial charge is 0.480 e. The Hall–Kier alpha value is -1.88. The third kappa shape index (κ3) is 4.66. The molecule has 0 aliphatic carbocycles. The first-order valence-electron chi connectivity index (χ1n) is 6.80. The van der Waals surface area contributed by atoms with Gasteiger partial charge >= 0.3 is 5.97 Å². The molecule has 0 unspecified atom stereocenters. The molecule has 0 spiro atoms. The number of carbonyl (C=O) groups excluding carboxylic acids is 1. The molecule has 0 fully saturated rings. The second-order valence-corrected chi connectivity index (χ2v) is 4.71. The van der Waals surface area contributed by atoms with Gasteiger partial charge in [0.2, 0.25) is 5.91 Å². The molecular weight excluding hydrogens is 256 g/mol. The lowest BCUT2D eigenvalue weighted by Crippen LogP contribution is -2.36. The molecule has 0 heterocycles. The molecule has 20 heavy (non-hydrogen) atoms. The maximum Gasteiger partial charge on any atom is 0.317 e. The van der Waals surface area contributed by atoms with E-state index in [1.807, 2.05) is 39.0 Å². The first-order valence-corrected chi connectivity index (χ1v) is 6.80. The Morgan fingerprint density at radius 1 is 1.25 bits per heavy atom. The highest BCUT2D eigenvalue weighted by molar-refractivity contribution is 5.94. The van der Waals surface area contributed by atoms with Gasteiger partial charge in [-0.25, -0.2) is 0 Å². The highest BCUT2D eigenvalue weighted by Gasteiger charge is 2.14. The summed E-state index contributed by atoms with van der Waals surface area (Å²) in [5.74, 6) is -1.11. The van der Waals surface area contributed by atoms with E-state index in [0.29, 0.717) is 6.54 Å². The zero-order chi connectivity index (χ0) is 15.1. The van der Waals surface area contributed by atoms with Crippen molar-refractivity contribution in [3.8, 4) is 0 Å².